The van der Waals surface area contributed by atoms with Crippen molar-refractivity contribution in [3.63, 3.8) is 0 Å². The number of hydrogen-bond acceptors (Lipinski definition) is 6. The van der Waals surface area contributed by atoms with E-state index in [4.69, 9.17) is 16.2 Å². The Bertz CT molecular complexity index is 572. The normalized spacial score (nSPS) is 18.6. The molecule has 1 fully saturated rings. The maximum absolute atomic E-state index is 11.9. The number of rotatable bonds is 5. The van der Waals surface area contributed by atoms with Crippen LogP contribution in [0, 0.1) is 10.1 Å². The minimum Gasteiger partial charge on any atom is -0.393 e. The van der Waals surface area contributed by atoms with E-state index in [0.29, 0.717) is 31.9 Å². The molecule has 1 aliphatic heterocycles. The van der Waals surface area contributed by atoms with Crippen molar-refractivity contribution in [1.82, 2.24) is 4.90 Å². The summed E-state index contributed by atoms with van der Waals surface area (Å²) in [5.74, 6) is -0.733. The summed E-state index contributed by atoms with van der Waals surface area (Å²) in [4.78, 5) is 24.3. The number of primary amides is 1. The Morgan fingerprint density at radius 2 is 2.05 bits per heavy atom. The highest BCUT2D eigenvalue weighted by atomic mass is 16.6. The van der Waals surface area contributed by atoms with Gasteiger partial charge in [-0.1, -0.05) is 13.0 Å². The van der Waals surface area contributed by atoms with E-state index < -0.39 is 16.9 Å². The molecule has 120 valence electrons. The SMILES string of the molecule is CC(c1ccc(N)c([N+](=O)[O-])c1)C(C(N)=O)N1CCOCC1. The molecule has 1 amide bonds. The number of carbonyl (C=O) groups excluding carboxylic acids is 1. The molecule has 0 aromatic heterocycles. The Morgan fingerprint density at radius 3 is 2.59 bits per heavy atom. The Kier molecular flexibility index (Phi) is 4.94. The van der Waals surface area contributed by atoms with Gasteiger partial charge in [-0.2, -0.15) is 0 Å². The summed E-state index contributed by atoms with van der Waals surface area (Å²) in [7, 11) is 0. The summed E-state index contributed by atoms with van der Waals surface area (Å²) in [5, 5.41) is 11.0. The minimum absolute atomic E-state index is 0.1000. The Hall–Kier alpha value is -2.19. The predicted octanol–water partition coefficient (Wildman–Crippen LogP) is 0.467. The summed E-state index contributed by atoms with van der Waals surface area (Å²) in [6.45, 7) is 4.13. The molecule has 8 heteroatoms. The van der Waals surface area contributed by atoms with E-state index >= 15 is 0 Å². The third kappa shape index (κ3) is 3.34. The average molecular weight is 308 g/mol. The maximum atomic E-state index is 11.9. The molecule has 8 nitrogen and oxygen atoms in total. The molecule has 2 rings (SSSR count). The minimum atomic E-state index is -0.535. The molecular weight excluding hydrogens is 288 g/mol. The molecule has 4 N–H and O–H groups in total. The van der Waals surface area contributed by atoms with Gasteiger partial charge in [0.05, 0.1) is 24.2 Å². The smallest absolute Gasteiger partial charge is 0.292 e. The van der Waals surface area contributed by atoms with E-state index in [1.165, 1.54) is 12.1 Å². The van der Waals surface area contributed by atoms with Crippen molar-refractivity contribution in [2.45, 2.75) is 18.9 Å². The first kappa shape index (κ1) is 16.2. The number of amides is 1. The van der Waals surface area contributed by atoms with Gasteiger partial charge in [0.25, 0.3) is 5.69 Å². The van der Waals surface area contributed by atoms with E-state index in [2.05, 4.69) is 0 Å². The lowest BCUT2D eigenvalue weighted by Gasteiger charge is -2.36. The topological polar surface area (TPSA) is 125 Å². The van der Waals surface area contributed by atoms with Gasteiger partial charge >= 0.3 is 0 Å². The van der Waals surface area contributed by atoms with Crippen molar-refractivity contribution in [3.8, 4) is 0 Å². The van der Waals surface area contributed by atoms with Crippen LogP contribution < -0.4 is 11.5 Å². The number of carbonyl (C=O) groups is 1. The molecule has 2 unspecified atom stereocenters. The Balaban J connectivity index is 2.30. The number of nitro groups is 1. The highest BCUT2D eigenvalue weighted by molar-refractivity contribution is 5.81. The average Bonchev–Trinajstić information content (AvgIpc) is 2.48. The Labute approximate surface area is 128 Å². The van der Waals surface area contributed by atoms with Crippen LogP contribution in [0.2, 0.25) is 0 Å². The van der Waals surface area contributed by atoms with Gasteiger partial charge in [-0.3, -0.25) is 19.8 Å². The number of nitrogen functional groups attached to an aromatic ring is 1. The van der Waals surface area contributed by atoms with E-state index in [1.807, 2.05) is 11.8 Å². The summed E-state index contributed by atoms with van der Waals surface area (Å²) < 4.78 is 5.28. The van der Waals surface area contributed by atoms with Crippen LogP contribution >= 0.6 is 0 Å². The Morgan fingerprint density at radius 1 is 1.41 bits per heavy atom. The first-order valence-corrected chi connectivity index (χ1v) is 7.06. The predicted molar refractivity (Wildman–Crippen MR) is 81.3 cm³/mol. The molecule has 1 aromatic carbocycles. The second-order valence-corrected chi connectivity index (χ2v) is 5.36. The van der Waals surface area contributed by atoms with Crippen molar-refractivity contribution < 1.29 is 14.5 Å². The molecule has 1 saturated heterocycles. The van der Waals surface area contributed by atoms with Crippen LogP contribution in [0.5, 0.6) is 0 Å². The summed E-state index contributed by atoms with van der Waals surface area (Å²) >= 11 is 0. The zero-order valence-electron chi connectivity index (χ0n) is 12.4. The largest absolute Gasteiger partial charge is 0.393 e. The summed E-state index contributed by atoms with van der Waals surface area (Å²) in [5.41, 5.74) is 11.8. The van der Waals surface area contributed by atoms with Gasteiger partial charge in [0, 0.05) is 25.1 Å². The first-order valence-electron chi connectivity index (χ1n) is 7.06. The van der Waals surface area contributed by atoms with Crippen molar-refractivity contribution in [1.29, 1.82) is 0 Å². The summed E-state index contributed by atoms with van der Waals surface area (Å²) in [6.07, 6.45) is 0. The molecule has 1 heterocycles. The van der Waals surface area contributed by atoms with Gasteiger partial charge in [0.2, 0.25) is 5.91 Å². The van der Waals surface area contributed by atoms with Crippen LogP contribution in [0.15, 0.2) is 18.2 Å². The third-order valence-electron chi connectivity index (χ3n) is 3.98. The van der Waals surface area contributed by atoms with Crippen LogP contribution in [-0.4, -0.2) is 48.1 Å². The van der Waals surface area contributed by atoms with Crippen LogP contribution in [0.4, 0.5) is 11.4 Å². The van der Waals surface area contributed by atoms with E-state index in [0.717, 1.165) is 0 Å². The van der Waals surface area contributed by atoms with Crippen LogP contribution in [0.25, 0.3) is 0 Å². The first-order chi connectivity index (χ1) is 10.4. The monoisotopic (exact) mass is 308 g/mol. The molecule has 0 radical (unpaired) electrons. The van der Waals surface area contributed by atoms with Crippen molar-refractivity contribution in [2.75, 3.05) is 32.0 Å². The second kappa shape index (κ2) is 6.71. The van der Waals surface area contributed by atoms with Gasteiger partial charge < -0.3 is 16.2 Å². The van der Waals surface area contributed by atoms with Crippen LogP contribution in [0.1, 0.15) is 18.4 Å². The van der Waals surface area contributed by atoms with Gasteiger partial charge in [-0.15, -0.1) is 0 Å². The lowest BCUT2D eigenvalue weighted by molar-refractivity contribution is -0.384. The number of nitrogens with two attached hydrogens (primary N) is 2. The fourth-order valence-electron chi connectivity index (χ4n) is 2.78. The van der Waals surface area contributed by atoms with Gasteiger partial charge in [0.1, 0.15) is 5.69 Å². The van der Waals surface area contributed by atoms with E-state index in [1.54, 1.807) is 6.07 Å². The number of hydrogen-bond donors (Lipinski definition) is 2. The van der Waals surface area contributed by atoms with E-state index in [9.17, 15) is 14.9 Å². The van der Waals surface area contributed by atoms with Crippen LogP contribution in [0.3, 0.4) is 0 Å². The fraction of sp³-hybridized carbons (Fsp3) is 0.500. The molecular formula is C14H20N4O4. The zero-order chi connectivity index (χ0) is 16.3. The molecule has 0 aliphatic carbocycles. The molecule has 2 atom stereocenters. The molecule has 1 aliphatic rings. The number of nitrogens with zero attached hydrogens (tertiary/aromatic N) is 2. The highest BCUT2D eigenvalue weighted by Gasteiger charge is 2.32. The number of benzene rings is 1. The molecule has 0 spiro atoms. The molecule has 22 heavy (non-hydrogen) atoms. The summed E-state index contributed by atoms with van der Waals surface area (Å²) in [6, 6.07) is 4.06. The lowest BCUT2D eigenvalue weighted by Crippen LogP contribution is -2.52. The molecule has 0 saturated carbocycles. The number of morpholine rings is 1. The maximum Gasteiger partial charge on any atom is 0.292 e. The highest BCUT2D eigenvalue weighted by Crippen LogP contribution is 2.30. The molecule has 1 aromatic rings. The van der Waals surface area contributed by atoms with Crippen molar-refractivity contribution in [2.24, 2.45) is 5.73 Å². The molecule has 0 bridgehead atoms. The lowest BCUT2D eigenvalue weighted by atomic mass is 9.90. The van der Waals surface area contributed by atoms with Gasteiger partial charge in [0.15, 0.2) is 0 Å². The van der Waals surface area contributed by atoms with Gasteiger partial charge in [-0.05, 0) is 11.6 Å². The van der Waals surface area contributed by atoms with E-state index in [-0.39, 0.29) is 17.3 Å². The number of ether oxygens (including phenoxy) is 1. The third-order valence-corrected chi connectivity index (χ3v) is 3.98. The van der Waals surface area contributed by atoms with Gasteiger partial charge in [-0.25, -0.2) is 0 Å². The quantitative estimate of drug-likeness (QED) is 0.462. The van der Waals surface area contributed by atoms with Crippen molar-refractivity contribution >= 4 is 17.3 Å². The standard InChI is InChI=1S/C14H20N4O4/c1-9(10-2-3-11(15)12(8-10)18(20)21)13(14(16)19)17-4-6-22-7-5-17/h2-3,8-9,13H,4-7,15H2,1H3,(H2,16,19). The van der Waals surface area contributed by atoms with Crippen LogP contribution in [-0.2, 0) is 9.53 Å². The van der Waals surface area contributed by atoms with Crippen molar-refractivity contribution in [3.05, 3.63) is 33.9 Å². The second-order valence-electron chi connectivity index (χ2n) is 5.36. The fourth-order valence-corrected chi connectivity index (χ4v) is 2.78. The number of nitro benzene ring substituents is 1. The zero-order valence-corrected chi connectivity index (χ0v) is 12.4. The number of anilines is 1.